The summed E-state index contributed by atoms with van der Waals surface area (Å²) in [6.45, 7) is 4.11. The smallest absolute Gasteiger partial charge is 0.0635 e. The van der Waals surface area contributed by atoms with E-state index in [1.165, 1.54) is 5.57 Å². The fourth-order valence-corrected chi connectivity index (χ4v) is 0.942. The summed E-state index contributed by atoms with van der Waals surface area (Å²) in [6, 6.07) is 0. The number of halogens is 1. The predicted molar refractivity (Wildman–Crippen MR) is 41.8 cm³/mol. The van der Waals surface area contributed by atoms with Gasteiger partial charge >= 0.3 is 0 Å². The van der Waals surface area contributed by atoms with Crippen LogP contribution < -0.4 is 0 Å². The van der Waals surface area contributed by atoms with E-state index < -0.39 is 0 Å². The second-order valence-electron chi connectivity index (χ2n) is 2.76. The van der Waals surface area contributed by atoms with Crippen LogP contribution in [0.4, 0.5) is 0 Å². The number of hydrogen-bond donors (Lipinski definition) is 0. The van der Waals surface area contributed by atoms with Gasteiger partial charge in [0.2, 0.25) is 0 Å². The molecular formula is C8H11Cl. The van der Waals surface area contributed by atoms with E-state index in [9.17, 15) is 0 Å². The average Bonchev–Trinajstić information content (AvgIpc) is 1.78. The molecule has 0 N–H and O–H groups in total. The van der Waals surface area contributed by atoms with Crippen LogP contribution in [0.15, 0.2) is 23.8 Å². The zero-order valence-electron chi connectivity index (χ0n) is 5.82. The summed E-state index contributed by atoms with van der Waals surface area (Å²) in [5.74, 6) is 0. The maximum atomic E-state index is 6.01. The van der Waals surface area contributed by atoms with Crippen LogP contribution >= 0.6 is 11.6 Å². The Morgan fingerprint density at radius 1 is 1.67 bits per heavy atom. The largest absolute Gasteiger partial charge is 0.115 e. The Labute approximate surface area is 61.2 Å². The van der Waals surface area contributed by atoms with Crippen molar-refractivity contribution in [3.05, 3.63) is 23.8 Å². The minimum Gasteiger partial charge on any atom is -0.115 e. The van der Waals surface area contributed by atoms with Gasteiger partial charge in [0.05, 0.1) is 4.87 Å². The molecule has 0 heterocycles. The van der Waals surface area contributed by atoms with Crippen molar-refractivity contribution >= 4 is 11.6 Å². The lowest BCUT2D eigenvalue weighted by Gasteiger charge is -2.18. The molecule has 9 heavy (non-hydrogen) atoms. The minimum atomic E-state index is -0.125. The third-order valence-electron chi connectivity index (χ3n) is 1.52. The van der Waals surface area contributed by atoms with Gasteiger partial charge in [-0.25, -0.2) is 0 Å². The lowest BCUT2D eigenvalue weighted by molar-refractivity contribution is 0.776. The second-order valence-corrected chi connectivity index (χ2v) is 3.63. The van der Waals surface area contributed by atoms with Crippen molar-refractivity contribution in [3.63, 3.8) is 0 Å². The molecule has 0 radical (unpaired) electrons. The first-order valence-corrected chi connectivity index (χ1v) is 3.53. The highest BCUT2D eigenvalue weighted by molar-refractivity contribution is 6.25. The molecule has 0 saturated carbocycles. The van der Waals surface area contributed by atoms with Crippen LogP contribution in [-0.4, -0.2) is 4.87 Å². The Morgan fingerprint density at radius 3 is 2.67 bits per heavy atom. The van der Waals surface area contributed by atoms with Crippen LogP contribution in [0.25, 0.3) is 0 Å². The van der Waals surface area contributed by atoms with E-state index in [1.807, 2.05) is 13.0 Å². The normalized spacial score (nSPS) is 34.3. The van der Waals surface area contributed by atoms with Crippen LogP contribution in [0.5, 0.6) is 0 Å². The van der Waals surface area contributed by atoms with Gasteiger partial charge in [0, 0.05) is 0 Å². The van der Waals surface area contributed by atoms with Gasteiger partial charge in [-0.3, -0.25) is 0 Å². The molecule has 1 unspecified atom stereocenters. The monoisotopic (exact) mass is 142 g/mol. The molecule has 0 fully saturated rings. The highest BCUT2D eigenvalue weighted by Gasteiger charge is 2.16. The Hall–Kier alpha value is -0.230. The van der Waals surface area contributed by atoms with Crippen molar-refractivity contribution in [2.75, 3.05) is 0 Å². The summed E-state index contributed by atoms with van der Waals surface area (Å²) in [5, 5.41) is 0. The quantitative estimate of drug-likeness (QED) is 0.457. The van der Waals surface area contributed by atoms with Gasteiger partial charge in [0.1, 0.15) is 0 Å². The molecule has 0 aromatic carbocycles. The molecule has 0 aromatic heterocycles. The van der Waals surface area contributed by atoms with Crippen molar-refractivity contribution in [2.24, 2.45) is 0 Å². The molecule has 1 aliphatic carbocycles. The van der Waals surface area contributed by atoms with Gasteiger partial charge in [-0.05, 0) is 20.3 Å². The second kappa shape index (κ2) is 2.18. The van der Waals surface area contributed by atoms with Gasteiger partial charge in [-0.15, -0.1) is 11.6 Å². The summed E-state index contributed by atoms with van der Waals surface area (Å²) in [4.78, 5) is -0.125. The average molecular weight is 143 g/mol. The standard InChI is InChI=1S/C8H11Cl/c1-7-3-5-8(2,9)6-4-7/h3-5H,6H2,1-2H3. The van der Waals surface area contributed by atoms with E-state index >= 15 is 0 Å². The molecule has 1 heteroatoms. The molecule has 0 amide bonds. The van der Waals surface area contributed by atoms with Crippen LogP contribution in [0.1, 0.15) is 20.3 Å². The number of hydrogen-bond acceptors (Lipinski definition) is 0. The van der Waals surface area contributed by atoms with E-state index in [-0.39, 0.29) is 4.87 Å². The molecular weight excluding hydrogens is 132 g/mol. The third-order valence-corrected chi connectivity index (χ3v) is 1.80. The Bertz CT molecular complexity index is 163. The molecule has 0 saturated heterocycles. The zero-order valence-corrected chi connectivity index (χ0v) is 6.57. The van der Waals surface area contributed by atoms with Gasteiger partial charge in [-0.1, -0.05) is 23.8 Å². The maximum Gasteiger partial charge on any atom is 0.0635 e. The van der Waals surface area contributed by atoms with E-state index in [0.717, 1.165) is 6.42 Å². The lowest BCUT2D eigenvalue weighted by Crippen LogP contribution is -2.12. The molecule has 0 bridgehead atoms. The highest BCUT2D eigenvalue weighted by Crippen LogP contribution is 2.26. The molecule has 1 rings (SSSR count). The number of allylic oxidation sites excluding steroid dienone is 4. The molecule has 0 aliphatic heterocycles. The van der Waals surface area contributed by atoms with E-state index in [4.69, 9.17) is 11.6 Å². The van der Waals surface area contributed by atoms with Crippen LogP contribution in [-0.2, 0) is 0 Å². The first-order valence-electron chi connectivity index (χ1n) is 3.15. The summed E-state index contributed by atoms with van der Waals surface area (Å²) >= 11 is 6.01. The molecule has 1 aliphatic rings. The third kappa shape index (κ3) is 1.87. The Balaban J connectivity index is 2.70. The van der Waals surface area contributed by atoms with Crippen LogP contribution in [0, 0.1) is 0 Å². The first kappa shape index (κ1) is 6.88. The van der Waals surface area contributed by atoms with Crippen LogP contribution in [0.2, 0.25) is 0 Å². The lowest BCUT2D eigenvalue weighted by atomic mass is 9.99. The Kier molecular flexibility index (Phi) is 1.67. The summed E-state index contributed by atoms with van der Waals surface area (Å²) in [6.07, 6.45) is 7.23. The van der Waals surface area contributed by atoms with Crippen molar-refractivity contribution < 1.29 is 0 Å². The topological polar surface area (TPSA) is 0 Å². The van der Waals surface area contributed by atoms with E-state index in [1.54, 1.807) is 0 Å². The van der Waals surface area contributed by atoms with Crippen molar-refractivity contribution in [1.82, 2.24) is 0 Å². The summed E-state index contributed by atoms with van der Waals surface area (Å²) in [7, 11) is 0. The maximum absolute atomic E-state index is 6.01. The fourth-order valence-electron chi connectivity index (χ4n) is 0.802. The van der Waals surface area contributed by atoms with Crippen molar-refractivity contribution in [1.29, 1.82) is 0 Å². The summed E-state index contributed by atoms with van der Waals surface area (Å²) in [5.41, 5.74) is 1.31. The zero-order chi connectivity index (χ0) is 6.91. The van der Waals surface area contributed by atoms with Crippen LogP contribution in [0.3, 0.4) is 0 Å². The number of alkyl halides is 1. The fraction of sp³-hybridized carbons (Fsp3) is 0.500. The summed E-state index contributed by atoms with van der Waals surface area (Å²) < 4.78 is 0. The van der Waals surface area contributed by atoms with Gasteiger partial charge in [-0.2, -0.15) is 0 Å². The van der Waals surface area contributed by atoms with E-state index in [0.29, 0.717) is 0 Å². The molecule has 1 atom stereocenters. The first-order chi connectivity index (χ1) is 4.10. The van der Waals surface area contributed by atoms with Gasteiger partial charge in [0.25, 0.3) is 0 Å². The molecule has 0 nitrogen and oxygen atoms in total. The molecule has 0 spiro atoms. The van der Waals surface area contributed by atoms with Gasteiger partial charge < -0.3 is 0 Å². The predicted octanol–water partition coefficient (Wildman–Crippen LogP) is 2.89. The molecule has 50 valence electrons. The molecule has 0 aromatic rings. The van der Waals surface area contributed by atoms with Crippen molar-refractivity contribution in [3.8, 4) is 0 Å². The van der Waals surface area contributed by atoms with Gasteiger partial charge in [0.15, 0.2) is 0 Å². The highest BCUT2D eigenvalue weighted by atomic mass is 35.5. The minimum absolute atomic E-state index is 0.125. The number of rotatable bonds is 0. The Morgan fingerprint density at radius 2 is 2.33 bits per heavy atom. The SMILES string of the molecule is CC1=CCC(C)(Cl)C=C1. The van der Waals surface area contributed by atoms with Crippen molar-refractivity contribution in [2.45, 2.75) is 25.1 Å². The van der Waals surface area contributed by atoms with E-state index in [2.05, 4.69) is 19.1 Å².